The number of nitrogens with one attached hydrogen (secondary N) is 2. The van der Waals surface area contributed by atoms with E-state index < -0.39 is 17.8 Å². The van der Waals surface area contributed by atoms with Gasteiger partial charge in [-0.1, -0.05) is 25.5 Å². The summed E-state index contributed by atoms with van der Waals surface area (Å²) in [6.07, 6.45) is 3.12. The summed E-state index contributed by atoms with van der Waals surface area (Å²) in [6, 6.07) is 6.44. The molecule has 1 aromatic carbocycles. The number of hydrogen-bond acceptors (Lipinski definition) is 5. The van der Waals surface area contributed by atoms with Gasteiger partial charge in [0.1, 0.15) is 0 Å². The smallest absolute Gasteiger partial charge is 0.337 e. The fourth-order valence-electron chi connectivity index (χ4n) is 1.50. The van der Waals surface area contributed by atoms with Crippen LogP contribution < -0.4 is 10.7 Å². The van der Waals surface area contributed by atoms with Crippen molar-refractivity contribution in [3.8, 4) is 0 Å². The number of esters is 1. The zero-order valence-electron chi connectivity index (χ0n) is 12.6. The Bertz CT molecular complexity index is 552. The number of carbonyl (C=O) groups excluding carboxylic acids is 3. The predicted octanol–water partition coefficient (Wildman–Crippen LogP) is 0.840. The van der Waals surface area contributed by atoms with Crippen molar-refractivity contribution in [3.05, 3.63) is 35.4 Å². The third-order valence-corrected chi connectivity index (χ3v) is 2.73. The minimum Gasteiger partial charge on any atom is -0.465 e. The van der Waals surface area contributed by atoms with Crippen LogP contribution in [0.25, 0.3) is 0 Å². The minimum absolute atomic E-state index is 0.416. The van der Waals surface area contributed by atoms with Gasteiger partial charge in [0.15, 0.2) is 0 Å². The summed E-state index contributed by atoms with van der Waals surface area (Å²) < 4.78 is 4.58. The molecule has 1 rings (SSSR count). The number of benzene rings is 1. The van der Waals surface area contributed by atoms with Crippen molar-refractivity contribution in [2.24, 2.45) is 5.10 Å². The monoisotopic (exact) mass is 305 g/mol. The van der Waals surface area contributed by atoms with Gasteiger partial charge >= 0.3 is 17.8 Å². The summed E-state index contributed by atoms with van der Waals surface area (Å²) in [7, 11) is 1.30. The van der Waals surface area contributed by atoms with Gasteiger partial charge in [-0.05, 0) is 24.1 Å². The van der Waals surface area contributed by atoms with E-state index in [1.165, 1.54) is 13.3 Å². The average molecular weight is 305 g/mol. The van der Waals surface area contributed by atoms with E-state index in [1.54, 1.807) is 24.3 Å². The third kappa shape index (κ3) is 5.74. The van der Waals surface area contributed by atoms with Crippen molar-refractivity contribution in [1.82, 2.24) is 10.7 Å². The highest BCUT2D eigenvalue weighted by Gasteiger charge is 2.10. The number of hydrogen-bond donors (Lipinski definition) is 2. The Kier molecular flexibility index (Phi) is 7.32. The van der Waals surface area contributed by atoms with E-state index in [0.717, 1.165) is 12.8 Å². The molecule has 0 atom stereocenters. The molecule has 118 valence electrons. The second-order valence-electron chi connectivity index (χ2n) is 4.42. The van der Waals surface area contributed by atoms with E-state index in [4.69, 9.17) is 0 Å². The molecule has 0 radical (unpaired) electrons. The fourth-order valence-corrected chi connectivity index (χ4v) is 1.50. The number of amides is 2. The standard InChI is InChI=1S/C15H19N3O4/c1-3-4-9-16-13(19)14(20)18-17-10-11-5-7-12(8-6-11)15(21)22-2/h5-8,10H,3-4,9H2,1-2H3,(H,16,19)(H,18,20)/b17-10-. The molecule has 0 saturated heterocycles. The van der Waals surface area contributed by atoms with Crippen LogP contribution in [-0.2, 0) is 14.3 Å². The maximum absolute atomic E-state index is 11.4. The van der Waals surface area contributed by atoms with Gasteiger partial charge in [0.2, 0.25) is 0 Å². The summed E-state index contributed by atoms with van der Waals surface area (Å²) in [5.74, 6) is -1.97. The number of unbranched alkanes of at least 4 members (excludes halogenated alkanes) is 1. The van der Waals surface area contributed by atoms with Crippen molar-refractivity contribution in [2.75, 3.05) is 13.7 Å². The lowest BCUT2D eigenvalue weighted by molar-refractivity contribution is -0.139. The fraction of sp³-hybridized carbons (Fsp3) is 0.333. The van der Waals surface area contributed by atoms with Crippen LogP contribution in [0.15, 0.2) is 29.4 Å². The first-order valence-electron chi connectivity index (χ1n) is 6.88. The van der Waals surface area contributed by atoms with Gasteiger partial charge in [0.25, 0.3) is 0 Å². The molecule has 0 aliphatic heterocycles. The van der Waals surface area contributed by atoms with Crippen molar-refractivity contribution in [2.45, 2.75) is 19.8 Å². The first-order valence-corrected chi connectivity index (χ1v) is 6.88. The number of rotatable bonds is 6. The Morgan fingerprint density at radius 3 is 2.45 bits per heavy atom. The van der Waals surface area contributed by atoms with Crippen molar-refractivity contribution in [3.63, 3.8) is 0 Å². The van der Waals surface area contributed by atoms with Crippen LogP contribution >= 0.6 is 0 Å². The predicted molar refractivity (Wildman–Crippen MR) is 81.4 cm³/mol. The van der Waals surface area contributed by atoms with Gasteiger partial charge in [0.05, 0.1) is 18.9 Å². The Labute approximate surface area is 128 Å². The number of carbonyl (C=O) groups is 3. The maximum atomic E-state index is 11.4. The first kappa shape index (κ1) is 17.4. The number of methoxy groups -OCH3 is 1. The molecule has 2 amide bonds. The molecule has 0 unspecified atom stereocenters. The van der Waals surface area contributed by atoms with Crippen LogP contribution in [0.4, 0.5) is 0 Å². The molecular weight excluding hydrogens is 286 g/mol. The maximum Gasteiger partial charge on any atom is 0.337 e. The van der Waals surface area contributed by atoms with Gasteiger partial charge in [-0.15, -0.1) is 0 Å². The normalized spacial score (nSPS) is 10.3. The van der Waals surface area contributed by atoms with Crippen molar-refractivity contribution >= 4 is 24.0 Å². The molecule has 7 heteroatoms. The number of nitrogens with zero attached hydrogens (tertiary/aromatic N) is 1. The van der Waals surface area contributed by atoms with Crippen LogP contribution in [0.2, 0.25) is 0 Å². The zero-order valence-corrected chi connectivity index (χ0v) is 12.6. The summed E-state index contributed by atoms with van der Waals surface area (Å²) in [4.78, 5) is 34.0. The van der Waals surface area contributed by atoms with E-state index in [1.807, 2.05) is 6.92 Å². The largest absolute Gasteiger partial charge is 0.465 e. The molecule has 0 bridgehead atoms. The van der Waals surface area contributed by atoms with E-state index >= 15 is 0 Å². The van der Waals surface area contributed by atoms with Gasteiger partial charge in [-0.25, -0.2) is 10.2 Å². The van der Waals surface area contributed by atoms with Crippen LogP contribution in [0.1, 0.15) is 35.7 Å². The molecule has 7 nitrogen and oxygen atoms in total. The molecule has 2 N–H and O–H groups in total. The number of ether oxygens (including phenoxy) is 1. The zero-order chi connectivity index (χ0) is 16.4. The summed E-state index contributed by atoms with van der Waals surface area (Å²) >= 11 is 0. The van der Waals surface area contributed by atoms with Crippen LogP contribution in [0, 0.1) is 0 Å². The molecule has 0 spiro atoms. The van der Waals surface area contributed by atoms with E-state index in [9.17, 15) is 14.4 Å². The molecule has 22 heavy (non-hydrogen) atoms. The Morgan fingerprint density at radius 1 is 1.18 bits per heavy atom. The average Bonchev–Trinajstić information content (AvgIpc) is 2.54. The van der Waals surface area contributed by atoms with Gasteiger partial charge in [-0.3, -0.25) is 9.59 Å². The lowest BCUT2D eigenvalue weighted by Crippen LogP contribution is -2.38. The van der Waals surface area contributed by atoms with Gasteiger partial charge in [-0.2, -0.15) is 5.10 Å². The lowest BCUT2D eigenvalue weighted by atomic mass is 10.1. The quantitative estimate of drug-likeness (QED) is 0.267. The molecule has 0 aliphatic carbocycles. The summed E-state index contributed by atoms with van der Waals surface area (Å²) in [5.41, 5.74) is 3.22. The highest BCUT2D eigenvalue weighted by Crippen LogP contribution is 2.03. The topological polar surface area (TPSA) is 96.9 Å². The molecule has 0 saturated carbocycles. The van der Waals surface area contributed by atoms with Crippen LogP contribution in [-0.4, -0.2) is 37.7 Å². The Hall–Kier alpha value is -2.70. The highest BCUT2D eigenvalue weighted by atomic mass is 16.5. The summed E-state index contributed by atoms with van der Waals surface area (Å²) in [6.45, 7) is 2.45. The minimum atomic E-state index is -0.821. The van der Waals surface area contributed by atoms with Gasteiger partial charge < -0.3 is 10.1 Å². The number of hydrazone groups is 1. The van der Waals surface area contributed by atoms with Crippen LogP contribution in [0.5, 0.6) is 0 Å². The second-order valence-corrected chi connectivity index (χ2v) is 4.42. The van der Waals surface area contributed by atoms with Crippen molar-refractivity contribution < 1.29 is 19.1 Å². The van der Waals surface area contributed by atoms with Crippen molar-refractivity contribution in [1.29, 1.82) is 0 Å². The van der Waals surface area contributed by atoms with E-state index in [2.05, 4.69) is 20.6 Å². The molecule has 0 aliphatic rings. The SMILES string of the molecule is CCCCNC(=O)C(=O)N/N=C\c1ccc(C(=O)OC)cc1. The highest BCUT2D eigenvalue weighted by molar-refractivity contribution is 6.35. The van der Waals surface area contributed by atoms with E-state index in [-0.39, 0.29) is 0 Å². The molecule has 1 aromatic rings. The first-order chi connectivity index (χ1) is 10.6. The molecular formula is C15H19N3O4. The molecule has 0 fully saturated rings. The second kappa shape index (κ2) is 9.28. The van der Waals surface area contributed by atoms with E-state index in [0.29, 0.717) is 17.7 Å². The Morgan fingerprint density at radius 2 is 1.86 bits per heavy atom. The van der Waals surface area contributed by atoms with Crippen LogP contribution in [0.3, 0.4) is 0 Å². The molecule has 0 heterocycles. The summed E-state index contributed by atoms with van der Waals surface area (Å²) in [5, 5.41) is 6.17. The molecule has 0 aromatic heterocycles. The Balaban J connectivity index is 2.46. The van der Waals surface area contributed by atoms with Gasteiger partial charge in [0, 0.05) is 6.54 Å². The lowest BCUT2D eigenvalue weighted by Gasteiger charge is -2.02. The third-order valence-electron chi connectivity index (χ3n) is 2.73.